The van der Waals surface area contributed by atoms with E-state index in [2.05, 4.69) is 10.6 Å². The van der Waals surface area contributed by atoms with Gasteiger partial charge in [0.25, 0.3) is 0 Å². The highest BCUT2D eigenvalue weighted by molar-refractivity contribution is 6.10. The number of aryl methyl sites for hydroxylation is 3. The van der Waals surface area contributed by atoms with Gasteiger partial charge in [0.1, 0.15) is 5.41 Å². The highest BCUT2D eigenvalue weighted by Gasteiger charge is 2.36. The number of carbonyl (C=O) groups is 2. The maximum atomic E-state index is 12.7. The Hall–Kier alpha value is -2.62. The Balaban J connectivity index is 2.07. The minimum absolute atomic E-state index is 0.295. The van der Waals surface area contributed by atoms with E-state index in [1.165, 1.54) is 0 Å². The van der Waals surface area contributed by atoms with Crippen molar-refractivity contribution in [2.24, 2.45) is 5.41 Å². The lowest BCUT2D eigenvalue weighted by atomic mass is 9.90. The Morgan fingerprint density at radius 3 is 2.04 bits per heavy atom. The Morgan fingerprint density at radius 2 is 1.48 bits per heavy atom. The third-order valence-corrected chi connectivity index (χ3v) is 4.35. The molecule has 0 fully saturated rings. The van der Waals surface area contributed by atoms with Crippen LogP contribution >= 0.6 is 0 Å². The van der Waals surface area contributed by atoms with Crippen molar-refractivity contribution in [1.29, 1.82) is 0 Å². The zero-order valence-corrected chi connectivity index (χ0v) is 15.6. The summed E-state index contributed by atoms with van der Waals surface area (Å²) in [5.41, 5.74) is 3.74. The van der Waals surface area contributed by atoms with Gasteiger partial charge < -0.3 is 10.6 Å². The number of anilines is 1. The van der Waals surface area contributed by atoms with Crippen LogP contribution in [0.25, 0.3) is 0 Å². The van der Waals surface area contributed by atoms with Gasteiger partial charge in [0.05, 0.1) is 0 Å². The topological polar surface area (TPSA) is 58.2 Å². The minimum atomic E-state index is -1.17. The second-order valence-electron chi connectivity index (χ2n) is 7.02. The molecule has 2 aromatic carbocycles. The fourth-order valence-electron chi connectivity index (χ4n) is 2.75. The second kappa shape index (κ2) is 7.51. The van der Waals surface area contributed by atoms with E-state index in [4.69, 9.17) is 0 Å². The number of hydrogen-bond acceptors (Lipinski definition) is 2. The quantitative estimate of drug-likeness (QED) is 0.813. The van der Waals surface area contributed by atoms with E-state index in [0.29, 0.717) is 6.54 Å². The first-order valence-electron chi connectivity index (χ1n) is 8.43. The van der Waals surface area contributed by atoms with Gasteiger partial charge in [-0.05, 0) is 51.3 Å². The molecule has 25 heavy (non-hydrogen) atoms. The lowest BCUT2D eigenvalue weighted by molar-refractivity contribution is -0.138. The van der Waals surface area contributed by atoms with E-state index in [1.54, 1.807) is 13.8 Å². The number of benzene rings is 2. The number of rotatable bonds is 5. The summed E-state index contributed by atoms with van der Waals surface area (Å²) in [5.74, 6) is -0.607. The van der Waals surface area contributed by atoms with Gasteiger partial charge in [0.15, 0.2) is 0 Å². The lowest BCUT2D eigenvalue weighted by Crippen LogP contribution is -2.45. The monoisotopic (exact) mass is 338 g/mol. The molecule has 0 atom stereocenters. The van der Waals surface area contributed by atoms with Crippen molar-refractivity contribution in [3.63, 3.8) is 0 Å². The molecule has 0 saturated carbocycles. The molecule has 0 heterocycles. The van der Waals surface area contributed by atoms with Gasteiger partial charge in [-0.25, -0.2) is 0 Å². The Bertz CT molecular complexity index is 757. The van der Waals surface area contributed by atoms with E-state index in [1.807, 2.05) is 63.2 Å². The molecule has 0 spiro atoms. The summed E-state index contributed by atoms with van der Waals surface area (Å²) in [7, 11) is 0. The summed E-state index contributed by atoms with van der Waals surface area (Å²) in [6.45, 7) is 9.62. The Morgan fingerprint density at radius 1 is 0.920 bits per heavy atom. The predicted molar refractivity (Wildman–Crippen MR) is 101 cm³/mol. The SMILES string of the molecule is Cc1cc(C)c(NC(=O)C(C)(C)C(=O)NCc2ccccc2)c(C)c1. The van der Waals surface area contributed by atoms with Crippen LogP contribution in [-0.4, -0.2) is 11.8 Å². The number of nitrogens with one attached hydrogen (secondary N) is 2. The molecule has 2 N–H and O–H groups in total. The van der Waals surface area contributed by atoms with Crippen molar-refractivity contribution in [1.82, 2.24) is 5.32 Å². The first kappa shape index (κ1) is 18.7. The van der Waals surface area contributed by atoms with Crippen LogP contribution in [0, 0.1) is 26.2 Å². The maximum Gasteiger partial charge on any atom is 0.239 e. The van der Waals surface area contributed by atoms with Gasteiger partial charge in [-0.3, -0.25) is 9.59 Å². The minimum Gasteiger partial charge on any atom is -0.351 e. The van der Waals surface area contributed by atoms with Crippen LogP contribution in [0.1, 0.15) is 36.1 Å². The summed E-state index contributed by atoms with van der Waals surface area (Å²) in [6, 6.07) is 13.7. The second-order valence-corrected chi connectivity index (χ2v) is 7.02. The van der Waals surface area contributed by atoms with Crippen LogP contribution in [0.15, 0.2) is 42.5 Å². The lowest BCUT2D eigenvalue weighted by Gasteiger charge is -2.24. The third-order valence-electron chi connectivity index (χ3n) is 4.35. The molecule has 0 aromatic heterocycles. The van der Waals surface area contributed by atoms with Gasteiger partial charge >= 0.3 is 0 Å². The van der Waals surface area contributed by atoms with E-state index < -0.39 is 5.41 Å². The molecule has 4 nitrogen and oxygen atoms in total. The molecule has 2 amide bonds. The van der Waals surface area contributed by atoms with Gasteiger partial charge in [0, 0.05) is 12.2 Å². The molecule has 0 aliphatic heterocycles. The molecule has 2 rings (SSSR count). The summed E-state index contributed by atoms with van der Waals surface area (Å²) in [5, 5.41) is 5.77. The van der Waals surface area contributed by atoms with Crippen LogP contribution in [0.4, 0.5) is 5.69 Å². The molecule has 0 unspecified atom stereocenters. The smallest absolute Gasteiger partial charge is 0.239 e. The van der Waals surface area contributed by atoms with Crippen LogP contribution in [0.3, 0.4) is 0 Å². The van der Waals surface area contributed by atoms with Crippen molar-refractivity contribution in [2.45, 2.75) is 41.2 Å². The van der Waals surface area contributed by atoms with Crippen molar-refractivity contribution < 1.29 is 9.59 Å². The summed E-state index contributed by atoms with van der Waals surface area (Å²) in [6.07, 6.45) is 0. The van der Waals surface area contributed by atoms with Gasteiger partial charge in [-0.1, -0.05) is 48.0 Å². The fourth-order valence-corrected chi connectivity index (χ4v) is 2.75. The molecule has 0 saturated heterocycles. The number of hydrogen-bond donors (Lipinski definition) is 2. The van der Waals surface area contributed by atoms with Crippen molar-refractivity contribution in [3.05, 3.63) is 64.7 Å². The average Bonchev–Trinajstić information content (AvgIpc) is 2.56. The van der Waals surface area contributed by atoms with Gasteiger partial charge in [-0.2, -0.15) is 0 Å². The Labute approximate surface area is 149 Å². The summed E-state index contributed by atoms with van der Waals surface area (Å²) < 4.78 is 0. The van der Waals surface area contributed by atoms with Gasteiger partial charge in [-0.15, -0.1) is 0 Å². The zero-order valence-electron chi connectivity index (χ0n) is 15.6. The Kier molecular flexibility index (Phi) is 5.62. The van der Waals surface area contributed by atoms with E-state index >= 15 is 0 Å². The van der Waals surface area contributed by atoms with E-state index in [-0.39, 0.29) is 11.8 Å². The largest absolute Gasteiger partial charge is 0.351 e. The molecule has 0 aliphatic rings. The summed E-state index contributed by atoms with van der Waals surface area (Å²) in [4.78, 5) is 25.2. The predicted octanol–water partition coefficient (Wildman–Crippen LogP) is 3.89. The molecule has 0 radical (unpaired) electrons. The molecular weight excluding hydrogens is 312 g/mol. The first-order valence-corrected chi connectivity index (χ1v) is 8.43. The molecule has 132 valence electrons. The van der Waals surface area contributed by atoms with Gasteiger partial charge in [0.2, 0.25) is 11.8 Å². The van der Waals surface area contributed by atoms with Crippen LogP contribution < -0.4 is 10.6 Å². The van der Waals surface area contributed by atoms with E-state index in [9.17, 15) is 9.59 Å². The highest BCUT2D eigenvalue weighted by Crippen LogP contribution is 2.25. The summed E-state index contributed by atoms with van der Waals surface area (Å²) >= 11 is 0. The molecular formula is C21H26N2O2. The standard InChI is InChI=1S/C21H26N2O2/c1-14-11-15(2)18(16(3)12-14)23-20(25)21(4,5)19(24)22-13-17-9-7-6-8-10-17/h6-12H,13H2,1-5H3,(H,22,24)(H,23,25). The average molecular weight is 338 g/mol. The highest BCUT2D eigenvalue weighted by atomic mass is 16.2. The maximum absolute atomic E-state index is 12.7. The first-order chi connectivity index (χ1) is 11.7. The van der Waals surface area contributed by atoms with Crippen LogP contribution in [0.5, 0.6) is 0 Å². The van der Waals surface area contributed by atoms with Crippen molar-refractivity contribution >= 4 is 17.5 Å². The molecule has 2 aromatic rings. The normalized spacial score (nSPS) is 11.1. The van der Waals surface area contributed by atoms with Crippen molar-refractivity contribution in [2.75, 3.05) is 5.32 Å². The van der Waals surface area contributed by atoms with E-state index in [0.717, 1.165) is 27.9 Å². The van der Waals surface area contributed by atoms with Crippen LogP contribution in [0.2, 0.25) is 0 Å². The van der Waals surface area contributed by atoms with Crippen LogP contribution in [-0.2, 0) is 16.1 Å². The molecule has 0 aliphatic carbocycles. The number of carbonyl (C=O) groups excluding carboxylic acids is 2. The zero-order chi connectivity index (χ0) is 18.6. The molecule has 0 bridgehead atoms. The number of amides is 2. The fraction of sp³-hybridized carbons (Fsp3) is 0.333. The molecule has 4 heteroatoms. The third kappa shape index (κ3) is 4.47. The van der Waals surface area contributed by atoms with Crippen molar-refractivity contribution in [3.8, 4) is 0 Å².